The Hall–Kier alpha value is -2.27. The molecule has 0 bridgehead atoms. The number of amides is 1. The van der Waals surface area contributed by atoms with Crippen LogP contribution in [0.4, 0.5) is 14.5 Å². The number of benzene rings is 2. The van der Waals surface area contributed by atoms with Gasteiger partial charge in [0.15, 0.2) is 0 Å². The molecule has 0 spiro atoms. The lowest BCUT2D eigenvalue weighted by Crippen LogP contribution is -2.47. The van der Waals surface area contributed by atoms with Crippen LogP contribution in [0.25, 0.3) is 0 Å². The maximum absolute atomic E-state index is 13.9. The van der Waals surface area contributed by atoms with Crippen LogP contribution in [0.2, 0.25) is 0 Å². The minimum atomic E-state index is -0.500. The monoisotopic (exact) mass is 372 g/mol. The number of nitrogens with zero attached hydrogens (tertiary/aromatic N) is 2. The molecule has 0 N–H and O–H groups in total. The van der Waals surface area contributed by atoms with Crippen LogP contribution in [0.5, 0.6) is 0 Å². The summed E-state index contributed by atoms with van der Waals surface area (Å²) in [4.78, 5) is 16.6. The van der Waals surface area contributed by atoms with Crippen molar-refractivity contribution in [1.82, 2.24) is 4.90 Å². The van der Waals surface area contributed by atoms with Gasteiger partial charge in [-0.05, 0) is 49.6 Å². The third kappa shape index (κ3) is 4.53. The lowest BCUT2D eigenvalue weighted by molar-refractivity contribution is -0.119. The van der Waals surface area contributed by atoms with Gasteiger partial charge in [0.1, 0.15) is 11.6 Å². The molecule has 1 amide bonds. The second-order valence-corrected chi connectivity index (χ2v) is 7.16. The minimum Gasteiger partial charge on any atom is -0.309 e. The van der Waals surface area contributed by atoms with Gasteiger partial charge >= 0.3 is 0 Å². The zero-order valence-corrected chi connectivity index (χ0v) is 15.9. The highest BCUT2D eigenvalue weighted by Crippen LogP contribution is 2.26. The number of rotatable bonds is 5. The van der Waals surface area contributed by atoms with Crippen LogP contribution < -0.4 is 4.90 Å². The van der Waals surface area contributed by atoms with Crippen LogP contribution in [0.15, 0.2) is 42.5 Å². The van der Waals surface area contributed by atoms with Crippen LogP contribution in [0.3, 0.4) is 0 Å². The second kappa shape index (κ2) is 8.61. The molecular formula is C22H26F2N2O. The third-order valence-electron chi connectivity index (χ3n) is 5.22. The molecule has 0 aliphatic carbocycles. The van der Waals surface area contributed by atoms with Crippen LogP contribution in [0.1, 0.15) is 37.3 Å². The highest BCUT2D eigenvalue weighted by molar-refractivity contribution is 5.93. The fourth-order valence-electron chi connectivity index (χ4n) is 3.75. The molecule has 0 aromatic heterocycles. The maximum atomic E-state index is 13.9. The topological polar surface area (TPSA) is 23.6 Å². The van der Waals surface area contributed by atoms with E-state index >= 15 is 0 Å². The van der Waals surface area contributed by atoms with Crippen molar-refractivity contribution in [2.75, 3.05) is 18.0 Å². The lowest BCUT2D eigenvalue weighted by Gasteiger charge is -2.38. The van der Waals surface area contributed by atoms with Crippen molar-refractivity contribution in [2.24, 2.45) is 0 Å². The molecule has 2 aromatic carbocycles. The Morgan fingerprint density at radius 2 is 1.74 bits per heavy atom. The molecule has 1 aliphatic heterocycles. The number of carbonyl (C=O) groups excluding carboxylic acids is 1. The van der Waals surface area contributed by atoms with Gasteiger partial charge in [0.05, 0.1) is 0 Å². The molecule has 0 atom stereocenters. The molecule has 1 heterocycles. The molecule has 5 heteroatoms. The maximum Gasteiger partial charge on any atom is 0.226 e. The van der Waals surface area contributed by atoms with Gasteiger partial charge in [0.2, 0.25) is 5.91 Å². The summed E-state index contributed by atoms with van der Waals surface area (Å²) < 4.78 is 27.8. The number of carbonyl (C=O) groups is 1. The van der Waals surface area contributed by atoms with E-state index in [1.807, 2.05) is 43.0 Å². The van der Waals surface area contributed by atoms with Crippen LogP contribution in [-0.2, 0) is 11.3 Å². The predicted molar refractivity (Wildman–Crippen MR) is 104 cm³/mol. The number of halogens is 2. The largest absolute Gasteiger partial charge is 0.309 e. The van der Waals surface area contributed by atoms with Crippen molar-refractivity contribution in [3.05, 3.63) is 65.2 Å². The smallest absolute Gasteiger partial charge is 0.226 e. The first-order valence-electron chi connectivity index (χ1n) is 9.53. The van der Waals surface area contributed by atoms with Crippen molar-refractivity contribution in [2.45, 2.75) is 45.7 Å². The van der Waals surface area contributed by atoms with E-state index in [2.05, 4.69) is 4.90 Å². The van der Waals surface area contributed by atoms with E-state index in [4.69, 9.17) is 0 Å². The molecule has 1 saturated heterocycles. The van der Waals surface area contributed by atoms with Gasteiger partial charge in [-0.3, -0.25) is 9.69 Å². The molecule has 3 nitrogen and oxygen atoms in total. The molecule has 1 aliphatic rings. The quantitative estimate of drug-likeness (QED) is 0.761. The van der Waals surface area contributed by atoms with Gasteiger partial charge in [0.25, 0.3) is 0 Å². The second-order valence-electron chi connectivity index (χ2n) is 7.16. The van der Waals surface area contributed by atoms with E-state index in [1.54, 1.807) is 0 Å². The van der Waals surface area contributed by atoms with Crippen molar-refractivity contribution in [1.29, 1.82) is 0 Å². The SMILES string of the molecule is CCC(=O)N(c1cccc(C)c1)C1CCN(Cc2c(F)cccc2F)CC1. The molecule has 0 unspecified atom stereocenters. The zero-order chi connectivity index (χ0) is 19.4. The normalized spacial score (nSPS) is 15.7. The van der Waals surface area contributed by atoms with E-state index in [-0.39, 0.29) is 24.1 Å². The van der Waals surface area contributed by atoms with Crippen LogP contribution in [-0.4, -0.2) is 29.9 Å². The first kappa shape index (κ1) is 19.5. The standard InChI is InChI=1S/C22H26F2N2O/c1-3-22(27)26(18-7-4-6-16(2)14-18)17-10-12-25(13-11-17)15-19-20(23)8-5-9-21(19)24/h4-9,14,17H,3,10-13,15H2,1-2H3. The highest BCUT2D eigenvalue weighted by Gasteiger charge is 2.29. The molecule has 3 rings (SSSR count). The van der Waals surface area contributed by atoms with Gasteiger partial charge in [0, 0.05) is 43.3 Å². The Morgan fingerprint density at radius 1 is 1.11 bits per heavy atom. The van der Waals surface area contributed by atoms with Gasteiger partial charge in [-0.1, -0.05) is 25.1 Å². The summed E-state index contributed by atoms with van der Waals surface area (Å²) in [6.45, 7) is 5.57. The Morgan fingerprint density at radius 3 is 2.33 bits per heavy atom. The minimum absolute atomic E-state index is 0.110. The summed E-state index contributed by atoms with van der Waals surface area (Å²) in [6.07, 6.45) is 2.03. The van der Waals surface area contributed by atoms with Crippen LogP contribution >= 0.6 is 0 Å². The number of piperidine rings is 1. The summed E-state index contributed by atoms with van der Waals surface area (Å²) >= 11 is 0. The van der Waals surface area contributed by atoms with Crippen molar-refractivity contribution in [3.8, 4) is 0 Å². The number of hydrogen-bond donors (Lipinski definition) is 0. The summed E-state index contributed by atoms with van der Waals surface area (Å²) in [6, 6.07) is 12.1. The predicted octanol–water partition coefficient (Wildman–Crippen LogP) is 4.68. The number of hydrogen-bond acceptors (Lipinski definition) is 2. The molecule has 0 radical (unpaired) electrons. The molecule has 2 aromatic rings. The molecule has 144 valence electrons. The summed E-state index contributed by atoms with van der Waals surface area (Å²) in [5.74, 6) is -0.890. The Bertz CT molecular complexity index is 780. The number of anilines is 1. The summed E-state index contributed by atoms with van der Waals surface area (Å²) in [7, 11) is 0. The van der Waals surface area contributed by atoms with E-state index in [0.29, 0.717) is 19.5 Å². The van der Waals surface area contributed by atoms with Crippen LogP contribution in [0, 0.1) is 18.6 Å². The molecule has 0 saturated carbocycles. The number of likely N-dealkylation sites (tertiary alicyclic amines) is 1. The van der Waals surface area contributed by atoms with E-state index in [9.17, 15) is 13.6 Å². The fourth-order valence-corrected chi connectivity index (χ4v) is 3.75. The fraction of sp³-hybridized carbons (Fsp3) is 0.409. The first-order valence-corrected chi connectivity index (χ1v) is 9.53. The summed E-state index contributed by atoms with van der Waals surface area (Å²) in [5, 5.41) is 0. The van der Waals surface area contributed by atoms with Crippen molar-refractivity contribution in [3.63, 3.8) is 0 Å². The first-order chi connectivity index (χ1) is 13.0. The number of aryl methyl sites for hydroxylation is 1. The Labute approximate surface area is 159 Å². The molecule has 1 fully saturated rings. The average Bonchev–Trinajstić information content (AvgIpc) is 2.66. The average molecular weight is 372 g/mol. The van der Waals surface area contributed by atoms with E-state index < -0.39 is 11.6 Å². The van der Waals surface area contributed by atoms with E-state index in [0.717, 1.165) is 24.1 Å². The Kier molecular flexibility index (Phi) is 6.22. The van der Waals surface area contributed by atoms with Gasteiger partial charge in [-0.15, -0.1) is 0 Å². The third-order valence-corrected chi connectivity index (χ3v) is 5.22. The Balaban J connectivity index is 1.70. The van der Waals surface area contributed by atoms with E-state index in [1.165, 1.54) is 18.2 Å². The van der Waals surface area contributed by atoms with Gasteiger partial charge in [-0.25, -0.2) is 8.78 Å². The lowest BCUT2D eigenvalue weighted by atomic mass is 10.0. The van der Waals surface area contributed by atoms with Gasteiger partial charge < -0.3 is 4.90 Å². The molecule has 27 heavy (non-hydrogen) atoms. The van der Waals surface area contributed by atoms with Crippen molar-refractivity contribution < 1.29 is 13.6 Å². The highest BCUT2D eigenvalue weighted by atomic mass is 19.1. The zero-order valence-electron chi connectivity index (χ0n) is 15.9. The van der Waals surface area contributed by atoms with Gasteiger partial charge in [-0.2, -0.15) is 0 Å². The summed E-state index contributed by atoms with van der Waals surface area (Å²) in [5.41, 5.74) is 2.17. The van der Waals surface area contributed by atoms with Crippen molar-refractivity contribution >= 4 is 11.6 Å². The molecular weight excluding hydrogens is 346 g/mol.